The molecule has 5 rings (SSSR count). The van der Waals surface area contributed by atoms with E-state index in [1.165, 1.54) is 32.9 Å². The Morgan fingerprint density at radius 1 is 0.857 bits per heavy atom. The lowest BCUT2D eigenvalue weighted by atomic mass is 9.97. The number of aromatic amines is 1. The Hall–Kier alpha value is -2.27. The predicted octanol–water partition coefficient (Wildman–Crippen LogP) is 4.00. The van der Waals surface area contributed by atoms with E-state index in [2.05, 4.69) is 11.1 Å². The quantitative estimate of drug-likeness (QED) is 0.552. The second-order valence-corrected chi connectivity index (χ2v) is 13.6. The lowest BCUT2D eigenvalue weighted by molar-refractivity contribution is 0.268. The zero-order valence-electron chi connectivity index (χ0n) is 20.1. The van der Waals surface area contributed by atoms with Gasteiger partial charge in [-0.1, -0.05) is 12.5 Å². The van der Waals surface area contributed by atoms with Crippen LogP contribution in [0.1, 0.15) is 56.3 Å². The summed E-state index contributed by atoms with van der Waals surface area (Å²) in [5.74, 6) is 1.08. The standard InChI is InChI=1S/C25H32N4O4S2/c1-18-6-11-23-24(17-18)27-25(26-23)20-12-15-28(16-13-20)34(30,31)21-7-9-22(10-8-21)35(32,33)29-14-4-3-5-19(29)2/h6-11,17,19-20H,3-5,12-16H2,1-2H3,(H,26,27). The van der Waals surface area contributed by atoms with Crippen LogP contribution in [0, 0.1) is 6.92 Å². The zero-order chi connectivity index (χ0) is 24.8. The summed E-state index contributed by atoms with van der Waals surface area (Å²) in [6.07, 6.45) is 4.07. The molecule has 2 aromatic carbocycles. The number of hydrogen-bond acceptors (Lipinski definition) is 5. The van der Waals surface area contributed by atoms with Gasteiger partial charge in [0.25, 0.3) is 0 Å². The third-order valence-electron chi connectivity index (χ3n) is 7.31. The molecule has 2 saturated heterocycles. The second-order valence-electron chi connectivity index (χ2n) is 9.75. The van der Waals surface area contributed by atoms with E-state index in [0.29, 0.717) is 32.5 Å². The highest BCUT2D eigenvalue weighted by Crippen LogP contribution is 2.31. The molecule has 8 nitrogen and oxygen atoms in total. The van der Waals surface area contributed by atoms with Gasteiger partial charge >= 0.3 is 0 Å². The number of piperidine rings is 2. The van der Waals surface area contributed by atoms with Crippen LogP contribution in [0.4, 0.5) is 0 Å². The molecule has 2 aliphatic heterocycles. The first-order valence-corrected chi connectivity index (χ1v) is 15.1. The van der Waals surface area contributed by atoms with Gasteiger partial charge in [0.05, 0.1) is 20.8 Å². The Balaban J connectivity index is 1.28. The van der Waals surface area contributed by atoms with Gasteiger partial charge < -0.3 is 4.98 Å². The highest BCUT2D eigenvalue weighted by molar-refractivity contribution is 7.89. The van der Waals surface area contributed by atoms with Crippen molar-refractivity contribution in [3.63, 3.8) is 0 Å². The van der Waals surface area contributed by atoms with Crippen LogP contribution < -0.4 is 0 Å². The maximum Gasteiger partial charge on any atom is 0.243 e. The number of sulfonamides is 2. The van der Waals surface area contributed by atoms with Crippen LogP contribution >= 0.6 is 0 Å². The van der Waals surface area contributed by atoms with E-state index in [1.807, 2.05) is 26.0 Å². The van der Waals surface area contributed by atoms with Crippen molar-refractivity contribution in [1.29, 1.82) is 0 Å². The van der Waals surface area contributed by atoms with Crippen LogP contribution in [-0.2, 0) is 20.0 Å². The van der Waals surface area contributed by atoms with Crippen LogP contribution in [0.25, 0.3) is 11.0 Å². The van der Waals surface area contributed by atoms with Gasteiger partial charge in [-0.25, -0.2) is 21.8 Å². The van der Waals surface area contributed by atoms with E-state index in [4.69, 9.17) is 4.98 Å². The van der Waals surface area contributed by atoms with Gasteiger partial charge in [0.1, 0.15) is 5.82 Å². The largest absolute Gasteiger partial charge is 0.342 e. The molecule has 188 valence electrons. The van der Waals surface area contributed by atoms with Crippen molar-refractivity contribution in [2.75, 3.05) is 19.6 Å². The molecule has 0 aliphatic carbocycles. The average Bonchev–Trinajstić information content (AvgIpc) is 3.27. The summed E-state index contributed by atoms with van der Waals surface area (Å²) in [5, 5.41) is 0. The molecule has 0 spiro atoms. The molecule has 1 atom stereocenters. The van der Waals surface area contributed by atoms with Crippen LogP contribution in [0.15, 0.2) is 52.3 Å². The molecule has 1 aromatic heterocycles. The minimum atomic E-state index is -3.70. The molecule has 0 bridgehead atoms. The maximum atomic E-state index is 13.3. The Morgan fingerprint density at radius 3 is 2.17 bits per heavy atom. The Bertz CT molecular complexity index is 1420. The van der Waals surface area contributed by atoms with Gasteiger partial charge in [0.2, 0.25) is 20.0 Å². The summed E-state index contributed by atoms with van der Waals surface area (Å²) < 4.78 is 55.7. The molecule has 0 amide bonds. The number of aromatic nitrogens is 2. The number of aryl methyl sites for hydroxylation is 1. The monoisotopic (exact) mass is 516 g/mol. The van der Waals surface area contributed by atoms with E-state index in [0.717, 1.165) is 41.7 Å². The first-order chi connectivity index (χ1) is 16.7. The van der Waals surface area contributed by atoms with E-state index in [9.17, 15) is 16.8 Å². The number of nitrogens with one attached hydrogen (secondary N) is 1. The van der Waals surface area contributed by atoms with Crippen molar-refractivity contribution >= 4 is 31.1 Å². The van der Waals surface area contributed by atoms with Crippen LogP contribution in [0.3, 0.4) is 0 Å². The molecule has 2 fully saturated rings. The second kappa shape index (κ2) is 9.31. The summed E-state index contributed by atoms with van der Waals surface area (Å²) in [6.45, 7) is 5.26. The maximum absolute atomic E-state index is 13.3. The van der Waals surface area contributed by atoms with Crippen molar-refractivity contribution in [3.05, 3.63) is 53.9 Å². The number of nitrogens with zero attached hydrogens (tertiary/aromatic N) is 3. The van der Waals surface area contributed by atoms with Gasteiger partial charge in [0.15, 0.2) is 0 Å². The molecule has 10 heteroatoms. The predicted molar refractivity (Wildman–Crippen MR) is 135 cm³/mol. The topological polar surface area (TPSA) is 103 Å². The molecule has 35 heavy (non-hydrogen) atoms. The highest BCUT2D eigenvalue weighted by Gasteiger charge is 2.33. The van der Waals surface area contributed by atoms with Crippen LogP contribution in [0.2, 0.25) is 0 Å². The van der Waals surface area contributed by atoms with Gasteiger partial charge in [-0.3, -0.25) is 0 Å². The van der Waals surface area contributed by atoms with Crippen LogP contribution in [-0.4, -0.2) is 61.1 Å². The molecule has 3 heterocycles. The van der Waals surface area contributed by atoms with Gasteiger partial charge in [-0.2, -0.15) is 8.61 Å². The van der Waals surface area contributed by atoms with E-state index in [-0.39, 0.29) is 21.8 Å². The number of H-pyrrole nitrogens is 1. The fourth-order valence-electron chi connectivity index (χ4n) is 5.20. The third-order valence-corrected chi connectivity index (χ3v) is 11.2. The molecule has 2 aliphatic rings. The number of rotatable bonds is 5. The Morgan fingerprint density at radius 2 is 1.51 bits per heavy atom. The first kappa shape index (κ1) is 24.4. The number of fused-ring (bicyclic) bond motifs is 1. The molecular formula is C25H32N4O4S2. The Kier molecular flexibility index (Phi) is 6.50. The number of benzene rings is 2. The van der Waals surface area contributed by atoms with Crippen molar-refractivity contribution in [2.24, 2.45) is 0 Å². The molecule has 1 N–H and O–H groups in total. The van der Waals surface area contributed by atoms with E-state index in [1.54, 1.807) is 0 Å². The third kappa shape index (κ3) is 4.64. The SMILES string of the molecule is Cc1ccc2nc(C3CCN(S(=O)(=O)c4ccc(S(=O)(=O)N5CCCCC5C)cc4)CC3)[nH]c2c1. The summed E-state index contributed by atoms with van der Waals surface area (Å²) >= 11 is 0. The highest BCUT2D eigenvalue weighted by atomic mass is 32.2. The van der Waals surface area contributed by atoms with Crippen LogP contribution in [0.5, 0.6) is 0 Å². The molecule has 1 unspecified atom stereocenters. The summed E-state index contributed by atoms with van der Waals surface area (Å²) in [4.78, 5) is 8.39. The molecule has 0 radical (unpaired) electrons. The molecular weight excluding hydrogens is 484 g/mol. The summed E-state index contributed by atoms with van der Waals surface area (Å²) in [7, 11) is -7.34. The minimum Gasteiger partial charge on any atom is -0.342 e. The fourth-order valence-corrected chi connectivity index (χ4v) is 8.37. The number of hydrogen-bond donors (Lipinski definition) is 1. The molecule has 0 saturated carbocycles. The van der Waals surface area contributed by atoms with Gasteiger partial charge in [-0.05, 0) is 81.5 Å². The lowest BCUT2D eigenvalue weighted by Crippen LogP contribution is -2.41. The first-order valence-electron chi connectivity index (χ1n) is 12.2. The summed E-state index contributed by atoms with van der Waals surface area (Å²) in [5.41, 5.74) is 3.09. The number of imidazole rings is 1. The van der Waals surface area contributed by atoms with E-state index < -0.39 is 20.0 Å². The summed E-state index contributed by atoms with van der Waals surface area (Å²) in [6, 6.07) is 11.7. The van der Waals surface area contributed by atoms with Crippen molar-refractivity contribution < 1.29 is 16.8 Å². The average molecular weight is 517 g/mol. The van der Waals surface area contributed by atoms with E-state index >= 15 is 0 Å². The minimum absolute atomic E-state index is 0.0470. The zero-order valence-corrected chi connectivity index (χ0v) is 21.8. The van der Waals surface area contributed by atoms with Crippen molar-refractivity contribution in [2.45, 2.75) is 67.7 Å². The normalized spacial score (nSPS) is 21.5. The lowest BCUT2D eigenvalue weighted by Gasteiger charge is -2.32. The smallest absolute Gasteiger partial charge is 0.243 e. The van der Waals surface area contributed by atoms with Crippen molar-refractivity contribution in [3.8, 4) is 0 Å². The van der Waals surface area contributed by atoms with Crippen molar-refractivity contribution in [1.82, 2.24) is 18.6 Å². The van der Waals surface area contributed by atoms with Gasteiger partial charge in [-0.15, -0.1) is 0 Å². The van der Waals surface area contributed by atoms with Gasteiger partial charge in [0, 0.05) is 31.6 Å². The molecule has 3 aromatic rings. The fraction of sp³-hybridized carbons (Fsp3) is 0.480. The Labute approximate surface area is 207 Å².